The fourth-order valence-electron chi connectivity index (χ4n) is 0.614. The van der Waals surface area contributed by atoms with Crippen molar-refractivity contribution in [2.45, 2.75) is 6.92 Å². The van der Waals surface area contributed by atoms with Gasteiger partial charge in [-0.3, -0.25) is 0 Å². The van der Waals surface area contributed by atoms with Crippen LogP contribution in [-0.4, -0.2) is 16.6 Å². The van der Waals surface area contributed by atoms with Crippen LogP contribution in [0.4, 0.5) is 5.13 Å². The summed E-state index contributed by atoms with van der Waals surface area (Å²) < 4.78 is 0.990. The summed E-state index contributed by atoms with van der Waals surface area (Å²) in [6.45, 7) is 2.81. The number of thiocarbonyl (C=S) groups is 1. The second-order valence-corrected chi connectivity index (χ2v) is 4.77. The smallest absolute Gasteiger partial charge is 0.189 e. The van der Waals surface area contributed by atoms with E-state index < -0.39 is 0 Å². The van der Waals surface area contributed by atoms with Gasteiger partial charge in [0, 0.05) is 6.54 Å². The monoisotopic (exact) mass is 265 g/mol. The van der Waals surface area contributed by atoms with Crippen LogP contribution in [0.3, 0.4) is 0 Å². The Morgan fingerprint density at radius 3 is 3.08 bits per heavy atom. The van der Waals surface area contributed by atoms with Gasteiger partial charge >= 0.3 is 0 Å². The zero-order valence-corrected chi connectivity index (χ0v) is 9.65. The number of thiazole rings is 1. The van der Waals surface area contributed by atoms with Crippen molar-refractivity contribution in [3.8, 4) is 0 Å². The molecule has 0 aromatic carbocycles. The molecule has 0 amide bonds. The molecule has 1 rings (SSSR count). The third kappa shape index (κ3) is 3.04. The van der Waals surface area contributed by atoms with Crippen molar-refractivity contribution in [1.82, 2.24) is 10.3 Å². The fourth-order valence-corrected chi connectivity index (χ4v) is 2.03. The largest absolute Gasteiger partial charge is 0.363 e. The van der Waals surface area contributed by atoms with Crippen molar-refractivity contribution >= 4 is 49.7 Å². The number of rotatable bonds is 2. The van der Waals surface area contributed by atoms with Crippen LogP contribution in [0.15, 0.2) is 9.98 Å². The van der Waals surface area contributed by atoms with E-state index in [0.717, 1.165) is 15.5 Å². The number of hydrogen-bond donors (Lipinski definition) is 2. The van der Waals surface area contributed by atoms with Crippen LogP contribution in [-0.2, 0) is 0 Å². The Balaban J connectivity index is 2.46. The molecule has 2 N–H and O–H groups in total. The number of nitrogens with one attached hydrogen (secondary N) is 2. The maximum atomic E-state index is 4.97. The van der Waals surface area contributed by atoms with Gasteiger partial charge in [0.2, 0.25) is 0 Å². The molecule has 66 valence electrons. The SMILES string of the molecule is CCNC(=S)Nc1ncc(Br)s1. The van der Waals surface area contributed by atoms with Gasteiger partial charge in [0.05, 0.1) is 9.98 Å². The Morgan fingerprint density at radius 1 is 1.83 bits per heavy atom. The topological polar surface area (TPSA) is 37.0 Å². The molecule has 0 fully saturated rings. The van der Waals surface area contributed by atoms with E-state index in [1.54, 1.807) is 6.20 Å². The van der Waals surface area contributed by atoms with Crippen LogP contribution in [0.2, 0.25) is 0 Å². The van der Waals surface area contributed by atoms with E-state index in [4.69, 9.17) is 12.2 Å². The van der Waals surface area contributed by atoms with E-state index in [2.05, 4.69) is 31.5 Å². The minimum Gasteiger partial charge on any atom is -0.363 e. The van der Waals surface area contributed by atoms with Gasteiger partial charge in [0.25, 0.3) is 0 Å². The molecule has 0 atom stereocenters. The summed E-state index contributed by atoms with van der Waals surface area (Å²) in [7, 11) is 0. The molecule has 0 saturated heterocycles. The minimum absolute atomic E-state index is 0.611. The molecule has 12 heavy (non-hydrogen) atoms. The lowest BCUT2D eigenvalue weighted by atomic mass is 10.7. The van der Waals surface area contributed by atoms with Crippen LogP contribution < -0.4 is 10.6 Å². The number of anilines is 1. The zero-order chi connectivity index (χ0) is 8.97. The molecule has 0 spiro atoms. The summed E-state index contributed by atoms with van der Waals surface area (Å²) in [5, 5.41) is 7.35. The van der Waals surface area contributed by atoms with Gasteiger partial charge < -0.3 is 10.6 Å². The molecule has 0 saturated carbocycles. The number of aromatic nitrogens is 1. The lowest BCUT2D eigenvalue weighted by Crippen LogP contribution is -2.27. The average molecular weight is 266 g/mol. The second kappa shape index (κ2) is 4.74. The van der Waals surface area contributed by atoms with Crippen molar-refractivity contribution in [2.75, 3.05) is 11.9 Å². The Labute approximate surface area is 88.7 Å². The third-order valence-corrected chi connectivity index (χ3v) is 2.67. The van der Waals surface area contributed by atoms with Gasteiger partial charge in [-0.1, -0.05) is 11.3 Å². The van der Waals surface area contributed by atoms with Gasteiger partial charge in [0.15, 0.2) is 10.2 Å². The molecule has 0 unspecified atom stereocenters. The lowest BCUT2D eigenvalue weighted by Gasteiger charge is -2.04. The van der Waals surface area contributed by atoms with E-state index in [-0.39, 0.29) is 0 Å². The highest BCUT2D eigenvalue weighted by atomic mass is 79.9. The van der Waals surface area contributed by atoms with E-state index in [1.165, 1.54) is 11.3 Å². The highest BCUT2D eigenvalue weighted by molar-refractivity contribution is 9.11. The predicted molar refractivity (Wildman–Crippen MR) is 59.7 cm³/mol. The van der Waals surface area contributed by atoms with Gasteiger partial charge in [-0.2, -0.15) is 0 Å². The van der Waals surface area contributed by atoms with Crippen molar-refractivity contribution < 1.29 is 0 Å². The molecule has 1 aromatic rings. The maximum absolute atomic E-state index is 4.97. The normalized spacial score (nSPS) is 9.50. The molecule has 6 heteroatoms. The first kappa shape index (κ1) is 9.88. The van der Waals surface area contributed by atoms with E-state index in [1.807, 2.05) is 6.92 Å². The van der Waals surface area contributed by atoms with Gasteiger partial charge in [-0.05, 0) is 35.1 Å². The maximum Gasteiger partial charge on any atom is 0.189 e. The molecule has 0 aliphatic heterocycles. The summed E-state index contributed by atoms with van der Waals surface area (Å²) in [5.74, 6) is 0. The Hall–Kier alpha value is -0.200. The van der Waals surface area contributed by atoms with E-state index >= 15 is 0 Å². The highest BCUT2D eigenvalue weighted by Crippen LogP contribution is 2.22. The third-order valence-electron chi connectivity index (χ3n) is 1.04. The molecule has 1 heterocycles. The molecule has 0 aliphatic carbocycles. The second-order valence-electron chi connectivity index (χ2n) is 1.95. The van der Waals surface area contributed by atoms with Crippen molar-refractivity contribution in [1.29, 1.82) is 0 Å². The van der Waals surface area contributed by atoms with Crippen molar-refractivity contribution in [3.63, 3.8) is 0 Å². The van der Waals surface area contributed by atoms with Gasteiger partial charge in [-0.15, -0.1) is 0 Å². The Kier molecular flexibility index (Phi) is 3.90. The highest BCUT2D eigenvalue weighted by Gasteiger charge is 1.99. The summed E-state index contributed by atoms with van der Waals surface area (Å²) in [6, 6.07) is 0. The molecule has 0 radical (unpaired) electrons. The van der Waals surface area contributed by atoms with Crippen molar-refractivity contribution in [3.05, 3.63) is 9.98 Å². The first-order chi connectivity index (χ1) is 5.72. The zero-order valence-electron chi connectivity index (χ0n) is 6.43. The first-order valence-corrected chi connectivity index (χ1v) is 5.40. The predicted octanol–water partition coefficient (Wildman–Crippen LogP) is 2.21. The first-order valence-electron chi connectivity index (χ1n) is 3.38. The standard InChI is InChI=1S/C6H8BrN3S2/c1-2-8-5(11)10-6-9-3-4(7)12-6/h3H,2H2,1H3,(H2,8,9,10,11). The molecular weight excluding hydrogens is 258 g/mol. The van der Waals surface area contributed by atoms with Crippen LogP contribution >= 0.6 is 39.5 Å². The minimum atomic E-state index is 0.611. The molecule has 3 nitrogen and oxygen atoms in total. The van der Waals surface area contributed by atoms with E-state index in [0.29, 0.717) is 5.11 Å². The average Bonchev–Trinajstić information content (AvgIpc) is 2.36. The van der Waals surface area contributed by atoms with Crippen LogP contribution in [0, 0.1) is 0 Å². The summed E-state index contributed by atoms with van der Waals surface area (Å²) in [4.78, 5) is 4.07. The Bertz CT molecular complexity index is 274. The number of halogens is 1. The van der Waals surface area contributed by atoms with Gasteiger partial charge in [-0.25, -0.2) is 4.98 Å². The van der Waals surface area contributed by atoms with Crippen LogP contribution in [0.1, 0.15) is 6.92 Å². The van der Waals surface area contributed by atoms with Gasteiger partial charge in [0.1, 0.15) is 0 Å². The van der Waals surface area contributed by atoms with Crippen LogP contribution in [0.25, 0.3) is 0 Å². The number of nitrogens with zero attached hydrogens (tertiary/aromatic N) is 1. The quantitative estimate of drug-likeness (QED) is 0.805. The number of hydrogen-bond acceptors (Lipinski definition) is 3. The molecule has 1 aromatic heterocycles. The molecule has 0 aliphatic rings. The van der Waals surface area contributed by atoms with Crippen LogP contribution in [0.5, 0.6) is 0 Å². The van der Waals surface area contributed by atoms with E-state index in [9.17, 15) is 0 Å². The fraction of sp³-hybridized carbons (Fsp3) is 0.333. The lowest BCUT2D eigenvalue weighted by molar-refractivity contribution is 0.979. The Morgan fingerprint density at radius 2 is 2.58 bits per heavy atom. The summed E-state index contributed by atoms with van der Waals surface area (Å²) >= 11 is 9.80. The summed E-state index contributed by atoms with van der Waals surface area (Å²) in [6.07, 6.45) is 1.74. The molecule has 0 bridgehead atoms. The van der Waals surface area contributed by atoms with Crippen molar-refractivity contribution in [2.24, 2.45) is 0 Å². The summed E-state index contributed by atoms with van der Waals surface area (Å²) in [5.41, 5.74) is 0. The molecular formula is C6H8BrN3S2.